The molecule has 2 rings (SSSR count). The second kappa shape index (κ2) is 6.53. The van der Waals surface area contributed by atoms with Crippen molar-refractivity contribution in [2.24, 2.45) is 0 Å². The summed E-state index contributed by atoms with van der Waals surface area (Å²) in [7, 11) is 1.63. The number of rotatable bonds is 6. The van der Waals surface area contributed by atoms with Crippen molar-refractivity contribution in [3.63, 3.8) is 0 Å². The van der Waals surface area contributed by atoms with Crippen LogP contribution in [0.4, 0.5) is 0 Å². The van der Waals surface area contributed by atoms with Gasteiger partial charge >= 0.3 is 0 Å². The van der Waals surface area contributed by atoms with Crippen LogP contribution in [0.25, 0.3) is 0 Å². The minimum absolute atomic E-state index is 0.0146. The Morgan fingerprint density at radius 3 is 3.11 bits per heavy atom. The number of carbonyl (C=O) groups is 1. The van der Waals surface area contributed by atoms with Gasteiger partial charge in [-0.2, -0.15) is 5.10 Å². The Morgan fingerprint density at radius 1 is 1.47 bits per heavy atom. The molecule has 0 atom stereocenters. The molecule has 1 heterocycles. The predicted molar refractivity (Wildman–Crippen MR) is 69.5 cm³/mol. The molecule has 0 aliphatic heterocycles. The van der Waals surface area contributed by atoms with Crippen LogP contribution in [0.5, 0.6) is 5.75 Å². The summed E-state index contributed by atoms with van der Waals surface area (Å²) in [5.74, 6) is 1.44. The first-order valence-corrected chi connectivity index (χ1v) is 6.02. The van der Waals surface area contributed by atoms with Crippen LogP contribution in [-0.4, -0.2) is 28.2 Å². The first-order valence-electron chi connectivity index (χ1n) is 6.02. The fourth-order valence-corrected chi connectivity index (χ4v) is 1.67. The molecule has 0 fully saturated rings. The van der Waals surface area contributed by atoms with Gasteiger partial charge in [0, 0.05) is 6.42 Å². The van der Waals surface area contributed by atoms with Crippen molar-refractivity contribution >= 4 is 5.91 Å². The number of hydrogen-bond donors (Lipinski definition) is 2. The van der Waals surface area contributed by atoms with Crippen molar-refractivity contribution in [1.29, 1.82) is 0 Å². The molecule has 1 aromatic heterocycles. The lowest BCUT2D eigenvalue weighted by Crippen LogP contribution is -2.23. The van der Waals surface area contributed by atoms with Crippen LogP contribution in [0.15, 0.2) is 30.6 Å². The van der Waals surface area contributed by atoms with Crippen LogP contribution in [0, 0.1) is 0 Å². The van der Waals surface area contributed by atoms with Gasteiger partial charge in [0.15, 0.2) is 0 Å². The number of aromatic nitrogens is 3. The van der Waals surface area contributed by atoms with Crippen LogP contribution in [0.1, 0.15) is 17.8 Å². The topological polar surface area (TPSA) is 79.9 Å². The van der Waals surface area contributed by atoms with Gasteiger partial charge in [-0.25, -0.2) is 4.98 Å². The number of benzene rings is 1. The highest BCUT2D eigenvalue weighted by Crippen LogP contribution is 2.13. The molecule has 2 aromatic rings. The van der Waals surface area contributed by atoms with Crippen molar-refractivity contribution in [3.05, 3.63) is 42.0 Å². The van der Waals surface area contributed by atoms with Crippen LogP contribution in [0.2, 0.25) is 0 Å². The molecule has 0 saturated carbocycles. The molecule has 1 aromatic carbocycles. The SMILES string of the molecule is COc1cccc(CCC(=O)NCc2ncn[nH]2)c1. The Bertz CT molecular complexity index is 525. The lowest BCUT2D eigenvalue weighted by Gasteiger charge is -2.05. The molecule has 100 valence electrons. The van der Waals surface area contributed by atoms with E-state index >= 15 is 0 Å². The minimum atomic E-state index is -0.0146. The van der Waals surface area contributed by atoms with E-state index in [2.05, 4.69) is 20.5 Å². The highest BCUT2D eigenvalue weighted by Gasteiger charge is 2.04. The highest BCUT2D eigenvalue weighted by molar-refractivity contribution is 5.76. The highest BCUT2D eigenvalue weighted by atomic mass is 16.5. The summed E-state index contributed by atoms with van der Waals surface area (Å²) in [5.41, 5.74) is 1.08. The second-order valence-electron chi connectivity index (χ2n) is 4.06. The van der Waals surface area contributed by atoms with Crippen molar-refractivity contribution in [2.75, 3.05) is 7.11 Å². The maximum absolute atomic E-state index is 11.7. The number of aryl methyl sites for hydroxylation is 1. The third kappa shape index (κ3) is 4.09. The number of ether oxygens (including phenoxy) is 1. The second-order valence-corrected chi connectivity index (χ2v) is 4.06. The molecule has 0 saturated heterocycles. The summed E-state index contributed by atoms with van der Waals surface area (Å²) < 4.78 is 5.14. The molecular formula is C13H16N4O2. The van der Waals surface area contributed by atoms with Gasteiger partial charge in [-0.1, -0.05) is 12.1 Å². The first-order chi connectivity index (χ1) is 9.28. The summed E-state index contributed by atoms with van der Waals surface area (Å²) in [6, 6.07) is 7.71. The number of carbonyl (C=O) groups excluding carboxylic acids is 1. The first kappa shape index (κ1) is 13.1. The number of aromatic amines is 1. The van der Waals surface area contributed by atoms with E-state index in [1.165, 1.54) is 6.33 Å². The molecule has 1 amide bonds. The maximum Gasteiger partial charge on any atom is 0.220 e. The van der Waals surface area contributed by atoms with Gasteiger partial charge in [0.1, 0.15) is 17.9 Å². The normalized spacial score (nSPS) is 10.2. The fourth-order valence-electron chi connectivity index (χ4n) is 1.67. The number of H-pyrrole nitrogens is 1. The van der Waals surface area contributed by atoms with Gasteiger partial charge in [0.2, 0.25) is 5.91 Å². The van der Waals surface area contributed by atoms with E-state index in [-0.39, 0.29) is 5.91 Å². The smallest absolute Gasteiger partial charge is 0.220 e. The van der Waals surface area contributed by atoms with E-state index in [0.717, 1.165) is 11.3 Å². The zero-order valence-corrected chi connectivity index (χ0v) is 10.7. The van der Waals surface area contributed by atoms with E-state index in [0.29, 0.717) is 25.2 Å². The van der Waals surface area contributed by atoms with Gasteiger partial charge in [-0.05, 0) is 24.1 Å². The van der Waals surface area contributed by atoms with Crippen molar-refractivity contribution in [3.8, 4) is 5.75 Å². The average Bonchev–Trinajstić information content (AvgIpc) is 2.96. The molecule has 0 spiro atoms. The van der Waals surface area contributed by atoms with Gasteiger partial charge in [0.05, 0.1) is 13.7 Å². The molecule has 0 bridgehead atoms. The zero-order valence-electron chi connectivity index (χ0n) is 10.7. The average molecular weight is 260 g/mol. The van der Waals surface area contributed by atoms with Gasteiger partial charge in [-0.15, -0.1) is 0 Å². The van der Waals surface area contributed by atoms with Crippen molar-refractivity contribution in [1.82, 2.24) is 20.5 Å². The Hall–Kier alpha value is -2.37. The van der Waals surface area contributed by atoms with E-state index in [1.54, 1.807) is 7.11 Å². The Labute approximate surface area is 111 Å². The minimum Gasteiger partial charge on any atom is -0.497 e. The number of nitrogens with zero attached hydrogens (tertiary/aromatic N) is 2. The Balaban J connectivity index is 1.76. The maximum atomic E-state index is 11.7. The van der Waals surface area contributed by atoms with Gasteiger partial charge in [-0.3, -0.25) is 9.89 Å². The lowest BCUT2D eigenvalue weighted by molar-refractivity contribution is -0.121. The zero-order chi connectivity index (χ0) is 13.5. The summed E-state index contributed by atoms with van der Waals surface area (Å²) >= 11 is 0. The largest absolute Gasteiger partial charge is 0.497 e. The Morgan fingerprint density at radius 2 is 2.37 bits per heavy atom. The van der Waals surface area contributed by atoms with E-state index in [9.17, 15) is 4.79 Å². The van der Waals surface area contributed by atoms with Crippen LogP contribution in [0.3, 0.4) is 0 Å². The molecule has 0 aliphatic carbocycles. The molecule has 0 aliphatic rings. The summed E-state index contributed by atoms with van der Waals surface area (Å²) in [6.45, 7) is 0.372. The quantitative estimate of drug-likeness (QED) is 0.814. The molecule has 19 heavy (non-hydrogen) atoms. The lowest BCUT2D eigenvalue weighted by atomic mass is 10.1. The standard InChI is InChI=1S/C13H16N4O2/c1-19-11-4-2-3-10(7-11)5-6-13(18)14-8-12-15-9-16-17-12/h2-4,7,9H,5-6,8H2,1H3,(H,14,18)(H,15,16,17). The van der Waals surface area contributed by atoms with Crippen LogP contribution in [-0.2, 0) is 17.8 Å². The molecular weight excluding hydrogens is 244 g/mol. The summed E-state index contributed by atoms with van der Waals surface area (Å²) in [5, 5.41) is 9.18. The van der Waals surface area contributed by atoms with Gasteiger partial charge in [0.25, 0.3) is 0 Å². The number of nitrogens with one attached hydrogen (secondary N) is 2. The van der Waals surface area contributed by atoms with Crippen molar-refractivity contribution < 1.29 is 9.53 Å². The predicted octanol–water partition coefficient (Wildman–Crippen LogP) is 1.06. The van der Waals surface area contributed by atoms with Gasteiger partial charge < -0.3 is 10.1 Å². The summed E-state index contributed by atoms with van der Waals surface area (Å²) in [4.78, 5) is 15.6. The molecule has 0 unspecified atom stereocenters. The molecule has 0 radical (unpaired) electrons. The summed E-state index contributed by atoms with van der Waals surface area (Å²) in [6.07, 6.45) is 2.53. The fraction of sp³-hybridized carbons (Fsp3) is 0.308. The van der Waals surface area contributed by atoms with Crippen LogP contribution >= 0.6 is 0 Å². The van der Waals surface area contributed by atoms with E-state index in [1.807, 2.05) is 24.3 Å². The monoisotopic (exact) mass is 260 g/mol. The number of methoxy groups -OCH3 is 1. The molecule has 2 N–H and O–H groups in total. The van der Waals surface area contributed by atoms with Crippen LogP contribution < -0.4 is 10.1 Å². The van der Waals surface area contributed by atoms with Crippen molar-refractivity contribution in [2.45, 2.75) is 19.4 Å². The number of hydrogen-bond acceptors (Lipinski definition) is 4. The van der Waals surface area contributed by atoms with E-state index < -0.39 is 0 Å². The number of amides is 1. The molecule has 6 heteroatoms. The third-order valence-electron chi connectivity index (χ3n) is 2.69. The molecule has 6 nitrogen and oxygen atoms in total. The third-order valence-corrected chi connectivity index (χ3v) is 2.69. The Kier molecular flexibility index (Phi) is 4.49. The van der Waals surface area contributed by atoms with E-state index in [4.69, 9.17) is 4.74 Å².